The van der Waals surface area contributed by atoms with Crippen LogP contribution in [0.15, 0.2) is 0 Å². The standard InChI is InChI=1S/C5H11NOS/c1-5(2,3)8-4(6)7/h1-3H3,(H2,6,7). The number of hydrogen-bond acceptors (Lipinski definition) is 2. The second kappa shape index (κ2) is 2.40. The van der Waals surface area contributed by atoms with E-state index >= 15 is 0 Å². The molecule has 2 nitrogen and oxygen atoms in total. The van der Waals surface area contributed by atoms with E-state index in [2.05, 4.69) is 0 Å². The van der Waals surface area contributed by atoms with E-state index in [-0.39, 0.29) is 9.99 Å². The largest absolute Gasteiger partial charge is 0.361 e. The summed E-state index contributed by atoms with van der Waals surface area (Å²) in [6.45, 7) is 5.84. The van der Waals surface area contributed by atoms with Crippen molar-refractivity contribution >= 4 is 17.0 Å². The van der Waals surface area contributed by atoms with Gasteiger partial charge in [0, 0.05) is 4.75 Å². The zero-order valence-electron chi connectivity index (χ0n) is 5.39. The van der Waals surface area contributed by atoms with Crippen LogP contribution in [0.2, 0.25) is 0 Å². The number of amides is 1. The lowest BCUT2D eigenvalue weighted by molar-refractivity contribution is 0.267. The van der Waals surface area contributed by atoms with Gasteiger partial charge in [0.05, 0.1) is 0 Å². The molecule has 48 valence electrons. The summed E-state index contributed by atoms with van der Waals surface area (Å²) in [5, 5.41) is -0.308. The summed E-state index contributed by atoms with van der Waals surface area (Å²) in [6, 6.07) is 0. The average Bonchev–Trinajstić information content (AvgIpc) is 1.21. The van der Waals surface area contributed by atoms with Crippen molar-refractivity contribution < 1.29 is 4.79 Å². The molecule has 0 aliphatic heterocycles. The Balaban J connectivity index is 3.55. The molecule has 1 amide bonds. The Kier molecular flexibility index (Phi) is 2.34. The van der Waals surface area contributed by atoms with E-state index in [0.29, 0.717) is 0 Å². The van der Waals surface area contributed by atoms with Gasteiger partial charge in [-0.2, -0.15) is 0 Å². The smallest absolute Gasteiger partial charge is 0.276 e. The van der Waals surface area contributed by atoms with Crippen LogP contribution in [0.5, 0.6) is 0 Å². The zero-order chi connectivity index (χ0) is 6.78. The minimum atomic E-state index is -0.308. The van der Waals surface area contributed by atoms with Crippen molar-refractivity contribution in [1.29, 1.82) is 0 Å². The van der Waals surface area contributed by atoms with Gasteiger partial charge in [-0.25, -0.2) is 0 Å². The molecule has 0 fully saturated rings. The monoisotopic (exact) mass is 133 g/mol. The minimum absolute atomic E-state index is 0.0359. The van der Waals surface area contributed by atoms with Crippen molar-refractivity contribution in [3.63, 3.8) is 0 Å². The Bertz CT molecular complexity index is 95.1. The molecule has 2 N–H and O–H groups in total. The van der Waals surface area contributed by atoms with E-state index in [0.717, 1.165) is 11.8 Å². The maximum atomic E-state index is 10.2. The average molecular weight is 133 g/mol. The predicted molar refractivity (Wildman–Crippen MR) is 36.9 cm³/mol. The van der Waals surface area contributed by atoms with E-state index in [1.165, 1.54) is 0 Å². The summed E-state index contributed by atoms with van der Waals surface area (Å²) < 4.78 is -0.0359. The summed E-state index contributed by atoms with van der Waals surface area (Å²) in [5.41, 5.74) is 4.90. The zero-order valence-corrected chi connectivity index (χ0v) is 6.21. The Morgan fingerprint density at radius 3 is 1.88 bits per heavy atom. The van der Waals surface area contributed by atoms with Gasteiger partial charge in [0.2, 0.25) is 0 Å². The van der Waals surface area contributed by atoms with Gasteiger partial charge in [-0.3, -0.25) is 4.79 Å². The van der Waals surface area contributed by atoms with Gasteiger partial charge >= 0.3 is 0 Å². The summed E-state index contributed by atoms with van der Waals surface area (Å²) in [4.78, 5) is 10.2. The Hall–Kier alpha value is -0.180. The fourth-order valence-corrected chi connectivity index (χ4v) is 0.905. The van der Waals surface area contributed by atoms with E-state index in [1.807, 2.05) is 20.8 Å². The molecule has 0 atom stereocenters. The van der Waals surface area contributed by atoms with Gasteiger partial charge in [0.15, 0.2) is 0 Å². The maximum Gasteiger partial charge on any atom is 0.276 e. The summed E-state index contributed by atoms with van der Waals surface area (Å²) >= 11 is 1.15. The Morgan fingerprint density at radius 1 is 1.50 bits per heavy atom. The number of nitrogens with two attached hydrogens (primary N) is 1. The van der Waals surface area contributed by atoms with Crippen LogP contribution in [-0.2, 0) is 0 Å². The number of thioether (sulfide) groups is 1. The third-order valence-corrected chi connectivity index (χ3v) is 1.22. The lowest BCUT2D eigenvalue weighted by Gasteiger charge is -2.13. The molecule has 8 heavy (non-hydrogen) atoms. The van der Waals surface area contributed by atoms with Crippen LogP contribution in [0.25, 0.3) is 0 Å². The highest BCUT2D eigenvalue weighted by Gasteiger charge is 2.13. The molecular formula is C5H11NOS. The highest BCUT2D eigenvalue weighted by atomic mass is 32.2. The molecule has 0 spiro atoms. The fourth-order valence-electron chi connectivity index (χ4n) is 0.302. The van der Waals surface area contributed by atoms with E-state index in [9.17, 15) is 4.79 Å². The molecule has 0 aliphatic rings. The van der Waals surface area contributed by atoms with Crippen molar-refractivity contribution in [2.24, 2.45) is 5.73 Å². The fraction of sp³-hybridized carbons (Fsp3) is 0.800. The lowest BCUT2D eigenvalue weighted by Crippen LogP contribution is -2.15. The summed E-state index contributed by atoms with van der Waals surface area (Å²) in [6.07, 6.45) is 0. The first kappa shape index (κ1) is 7.82. The van der Waals surface area contributed by atoms with Crippen molar-refractivity contribution in [1.82, 2.24) is 0 Å². The Labute approximate surface area is 53.8 Å². The maximum absolute atomic E-state index is 10.2. The SMILES string of the molecule is CC(C)(C)SC(N)=O. The van der Waals surface area contributed by atoms with Gasteiger partial charge in [-0.1, -0.05) is 32.5 Å². The van der Waals surface area contributed by atoms with Crippen LogP contribution in [0.3, 0.4) is 0 Å². The van der Waals surface area contributed by atoms with Crippen LogP contribution in [-0.4, -0.2) is 9.99 Å². The quantitative estimate of drug-likeness (QED) is 0.545. The minimum Gasteiger partial charge on any atom is -0.361 e. The molecular weight excluding hydrogens is 122 g/mol. The van der Waals surface area contributed by atoms with Gasteiger partial charge in [-0.05, 0) is 0 Å². The van der Waals surface area contributed by atoms with Crippen LogP contribution in [0, 0.1) is 0 Å². The second-order valence-corrected chi connectivity index (χ2v) is 4.36. The molecule has 0 aromatic carbocycles. The Morgan fingerprint density at radius 2 is 1.88 bits per heavy atom. The van der Waals surface area contributed by atoms with Crippen molar-refractivity contribution in [2.45, 2.75) is 25.5 Å². The molecule has 0 radical (unpaired) electrons. The summed E-state index contributed by atoms with van der Waals surface area (Å²) in [7, 11) is 0. The van der Waals surface area contributed by atoms with Crippen molar-refractivity contribution in [3.05, 3.63) is 0 Å². The van der Waals surface area contributed by atoms with Gasteiger partial charge in [-0.15, -0.1) is 0 Å². The van der Waals surface area contributed by atoms with Crippen LogP contribution >= 0.6 is 11.8 Å². The third kappa shape index (κ3) is 5.82. The molecule has 0 aliphatic carbocycles. The second-order valence-electron chi connectivity index (χ2n) is 2.53. The van der Waals surface area contributed by atoms with Crippen LogP contribution < -0.4 is 5.73 Å². The van der Waals surface area contributed by atoms with E-state index in [1.54, 1.807) is 0 Å². The molecule has 0 heterocycles. The molecule has 3 heteroatoms. The molecule has 0 rings (SSSR count). The molecule has 0 aromatic rings. The van der Waals surface area contributed by atoms with Crippen LogP contribution in [0.4, 0.5) is 4.79 Å². The van der Waals surface area contributed by atoms with Crippen molar-refractivity contribution in [2.75, 3.05) is 0 Å². The summed E-state index contributed by atoms with van der Waals surface area (Å²) in [5.74, 6) is 0. The molecule has 0 unspecified atom stereocenters. The molecule has 0 saturated heterocycles. The van der Waals surface area contributed by atoms with Gasteiger partial charge < -0.3 is 5.73 Å². The van der Waals surface area contributed by atoms with E-state index in [4.69, 9.17) is 5.73 Å². The molecule has 0 bridgehead atoms. The highest BCUT2D eigenvalue weighted by molar-refractivity contribution is 8.14. The first-order valence-electron chi connectivity index (χ1n) is 2.40. The first-order valence-corrected chi connectivity index (χ1v) is 3.22. The number of hydrogen-bond donors (Lipinski definition) is 1. The predicted octanol–water partition coefficient (Wildman–Crippen LogP) is 1.60. The third-order valence-electron chi connectivity index (χ3n) is 0.407. The van der Waals surface area contributed by atoms with E-state index < -0.39 is 0 Å². The van der Waals surface area contributed by atoms with Gasteiger partial charge in [0.1, 0.15) is 0 Å². The lowest BCUT2D eigenvalue weighted by atomic mass is 10.3. The van der Waals surface area contributed by atoms with Crippen molar-refractivity contribution in [3.8, 4) is 0 Å². The topological polar surface area (TPSA) is 43.1 Å². The first-order chi connectivity index (χ1) is 3.42. The number of carbonyl (C=O) groups excluding carboxylic acids is 1. The molecule has 0 aromatic heterocycles. The number of carbonyl (C=O) groups is 1. The van der Waals surface area contributed by atoms with Gasteiger partial charge in [0.25, 0.3) is 5.24 Å². The number of rotatable bonds is 0. The normalized spacial score (nSPS) is 11.4. The molecule has 0 saturated carbocycles. The van der Waals surface area contributed by atoms with Crippen LogP contribution in [0.1, 0.15) is 20.8 Å². The highest BCUT2D eigenvalue weighted by Crippen LogP contribution is 2.22. The number of primary amides is 1.